The number of likely N-dealkylation sites (tertiary alicyclic amines) is 1. The molecule has 2 aromatic rings. The average Bonchev–Trinajstić information content (AvgIpc) is 3.00. The third kappa shape index (κ3) is 8.20. The molecule has 0 radical (unpaired) electrons. The number of halogens is 1. The van der Waals surface area contributed by atoms with E-state index in [1.165, 1.54) is 35.7 Å². The van der Waals surface area contributed by atoms with Crippen LogP contribution in [0, 0.1) is 11.7 Å². The van der Waals surface area contributed by atoms with Gasteiger partial charge in [-0.3, -0.25) is 4.79 Å². The molecule has 246 valence electrons. The minimum Gasteiger partial charge on any atom is -0.451 e. The van der Waals surface area contributed by atoms with E-state index in [9.17, 15) is 17.6 Å². The number of piperidine rings is 1. The Balaban J connectivity index is 1.16. The number of rotatable bonds is 11. The predicted octanol–water partition coefficient (Wildman–Crippen LogP) is 4.99. The summed E-state index contributed by atoms with van der Waals surface area (Å²) in [7, 11) is -3.14. The zero-order chi connectivity index (χ0) is 32.1. The smallest absolute Gasteiger partial charge is 0.257 e. The molecular formula is C33H47FN6O4S. The van der Waals surface area contributed by atoms with Crippen LogP contribution < -0.4 is 14.4 Å². The fourth-order valence-electron chi connectivity index (χ4n) is 6.71. The number of aromatic nitrogens is 2. The number of hydrogen-bond donors (Lipinski definition) is 1. The molecule has 1 amide bonds. The van der Waals surface area contributed by atoms with Crippen LogP contribution in [-0.4, -0.2) is 91.2 Å². The van der Waals surface area contributed by atoms with Crippen LogP contribution in [0.25, 0.3) is 0 Å². The van der Waals surface area contributed by atoms with Gasteiger partial charge in [-0.1, -0.05) is 5.57 Å². The van der Waals surface area contributed by atoms with Crippen LogP contribution in [0.4, 0.5) is 10.2 Å². The van der Waals surface area contributed by atoms with E-state index in [1.54, 1.807) is 18.0 Å². The van der Waals surface area contributed by atoms with Gasteiger partial charge in [0.25, 0.3) is 5.91 Å². The molecule has 0 spiro atoms. The number of amides is 1. The lowest BCUT2D eigenvalue weighted by Gasteiger charge is -2.40. The molecule has 1 aromatic carbocycles. The maximum absolute atomic E-state index is 14.2. The summed E-state index contributed by atoms with van der Waals surface area (Å²) in [5.74, 6) is 1.35. The van der Waals surface area contributed by atoms with E-state index in [1.807, 2.05) is 20.8 Å². The largest absolute Gasteiger partial charge is 0.451 e. The van der Waals surface area contributed by atoms with Gasteiger partial charge in [-0.2, -0.15) is 0 Å². The summed E-state index contributed by atoms with van der Waals surface area (Å²) >= 11 is 0. The second-order valence-electron chi connectivity index (χ2n) is 12.7. The molecule has 3 fully saturated rings. The first kappa shape index (κ1) is 33.3. The van der Waals surface area contributed by atoms with E-state index in [2.05, 4.69) is 24.5 Å². The lowest BCUT2D eigenvalue weighted by molar-refractivity contribution is 0.0713. The Bertz CT molecular complexity index is 1470. The van der Waals surface area contributed by atoms with E-state index in [4.69, 9.17) is 4.74 Å². The summed E-state index contributed by atoms with van der Waals surface area (Å²) in [5, 5.41) is 0. The van der Waals surface area contributed by atoms with Gasteiger partial charge in [0.2, 0.25) is 10.0 Å². The minimum atomic E-state index is -3.14. The number of ether oxygens (including phenoxy) is 1. The van der Waals surface area contributed by atoms with Crippen LogP contribution in [-0.2, 0) is 10.0 Å². The lowest BCUT2D eigenvalue weighted by Crippen LogP contribution is -2.44. The monoisotopic (exact) mass is 642 g/mol. The van der Waals surface area contributed by atoms with Crippen molar-refractivity contribution >= 4 is 21.7 Å². The van der Waals surface area contributed by atoms with E-state index in [0.717, 1.165) is 71.2 Å². The molecule has 10 nitrogen and oxygen atoms in total. The summed E-state index contributed by atoms with van der Waals surface area (Å²) < 4.78 is 47.1. The Labute approximate surface area is 267 Å². The van der Waals surface area contributed by atoms with E-state index >= 15 is 0 Å². The van der Waals surface area contributed by atoms with Crippen molar-refractivity contribution in [3.05, 3.63) is 53.3 Å². The van der Waals surface area contributed by atoms with Gasteiger partial charge in [0.1, 0.15) is 17.9 Å². The van der Waals surface area contributed by atoms with Crippen LogP contribution in [0.5, 0.6) is 11.5 Å². The zero-order valence-corrected chi connectivity index (χ0v) is 27.8. The van der Waals surface area contributed by atoms with Crippen LogP contribution in [0.1, 0.15) is 76.6 Å². The molecule has 5 rings (SSSR count). The maximum Gasteiger partial charge on any atom is 0.257 e. The standard InChI is InChI=1S/C33H47FN6O4S/c1-5-40(23(3)4)33(41)29-17-27(34)9-12-30(29)44-31-18-35-22-36-32(31)39-20-26(21-39)25-13-15-38(16-14-25)19-24-7-10-28(11-8-24)37-45(42,43)6-2/h9,12,17-18,22-24,28,37H,5-8,10-11,13-16,19-21H2,1-4H3. The number of nitrogens with one attached hydrogen (secondary N) is 1. The molecule has 3 aliphatic rings. The first-order chi connectivity index (χ1) is 21.6. The van der Waals surface area contributed by atoms with Crippen molar-refractivity contribution < 1.29 is 22.3 Å². The topological polar surface area (TPSA) is 108 Å². The summed E-state index contributed by atoms with van der Waals surface area (Å²) in [6.45, 7) is 12.7. The molecule has 1 saturated carbocycles. The van der Waals surface area contributed by atoms with Crippen LogP contribution in [0.3, 0.4) is 0 Å². The SMILES string of the molecule is CCN(C(=O)c1cc(F)ccc1Oc1cncnc1N1CC(=C2CCN(CC3CCC(NS(=O)(=O)CC)CC3)CC2)C1)C(C)C. The van der Waals surface area contributed by atoms with Crippen LogP contribution in [0.2, 0.25) is 0 Å². The second kappa shape index (κ2) is 14.6. The number of anilines is 1. The summed E-state index contributed by atoms with van der Waals surface area (Å²) in [6, 6.07) is 4.06. The van der Waals surface area contributed by atoms with Gasteiger partial charge < -0.3 is 19.4 Å². The fraction of sp³-hybridized carbons (Fsp3) is 0.606. The Morgan fingerprint density at radius 1 is 1.09 bits per heavy atom. The molecule has 0 bridgehead atoms. The Hall–Kier alpha value is -3.09. The summed E-state index contributed by atoms with van der Waals surface area (Å²) in [5.41, 5.74) is 3.14. The van der Waals surface area contributed by atoms with Crippen molar-refractivity contribution in [1.82, 2.24) is 24.5 Å². The highest BCUT2D eigenvalue weighted by molar-refractivity contribution is 7.89. The minimum absolute atomic E-state index is 0.0373. The number of carbonyl (C=O) groups excluding carboxylic acids is 1. The number of hydrogen-bond acceptors (Lipinski definition) is 8. The molecule has 45 heavy (non-hydrogen) atoms. The normalized spacial score (nSPS) is 21.2. The van der Waals surface area contributed by atoms with E-state index in [0.29, 0.717) is 24.0 Å². The molecule has 1 aliphatic carbocycles. The van der Waals surface area contributed by atoms with Crippen molar-refractivity contribution in [2.75, 3.05) is 49.9 Å². The molecule has 0 atom stereocenters. The molecule has 12 heteroatoms. The van der Waals surface area contributed by atoms with Gasteiger partial charge in [0.15, 0.2) is 11.6 Å². The molecular weight excluding hydrogens is 595 g/mol. The lowest BCUT2D eigenvalue weighted by atomic mass is 9.85. The first-order valence-electron chi connectivity index (χ1n) is 16.3. The van der Waals surface area contributed by atoms with Crippen LogP contribution in [0.15, 0.2) is 41.9 Å². The fourth-order valence-corrected chi connectivity index (χ4v) is 7.62. The van der Waals surface area contributed by atoms with Gasteiger partial charge in [-0.25, -0.2) is 27.5 Å². The highest BCUT2D eigenvalue weighted by Crippen LogP contribution is 2.37. The highest BCUT2D eigenvalue weighted by Gasteiger charge is 2.31. The molecule has 1 N–H and O–H groups in total. The van der Waals surface area contributed by atoms with Crippen molar-refractivity contribution in [2.24, 2.45) is 5.92 Å². The highest BCUT2D eigenvalue weighted by atomic mass is 32.2. The number of sulfonamides is 1. The molecule has 0 unspecified atom stereocenters. The van der Waals surface area contributed by atoms with Crippen molar-refractivity contribution in [2.45, 2.75) is 78.3 Å². The predicted molar refractivity (Wildman–Crippen MR) is 174 cm³/mol. The maximum atomic E-state index is 14.2. The van der Waals surface area contributed by atoms with E-state index < -0.39 is 15.8 Å². The average molecular weight is 643 g/mol. The Kier molecular flexibility index (Phi) is 10.8. The molecule has 1 aromatic heterocycles. The molecule has 3 heterocycles. The second-order valence-corrected chi connectivity index (χ2v) is 14.8. The third-order valence-electron chi connectivity index (χ3n) is 9.39. The molecule has 2 aliphatic heterocycles. The van der Waals surface area contributed by atoms with Crippen molar-refractivity contribution in [3.63, 3.8) is 0 Å². The number of carbonyl (C=O) groups is 1. The first-order valence-corrected chi connectivity index (χ1v) is 18.0. The molecule has 2 saturated heterocycles. The Morgan fingerprint density at radius 3 is 2.44 bits per heavy atom. The third-order valence-corrected chi connectivity index (χ3v) is 10.8. The summed E-state index contributed by atoms with van der Waals surface area (Å²) in [4.78, 5) is 28.4. The van der Waals surface area contributed by atoms with Gasteiger partial charge in [0, 0.05) is 51.4 Å². The quantitative estimate of drug-likeness (QED) is 0.342. The van der Waals surface area contributed by atoms with E-state index in [-0.39, 0.29) is 35.1 Å². The van der Waals surface area contributed by atoms with Gasteiger partial charge >= 0.3 is 0 Å². The van der Waals surface area contributed by atoms with Crippen LogP contribution >= 0.6 is 0 Å². The number of nitrogens with zero attached hydrogens (tertiary/aromatic N) is 5. The zero-order valence-electron chi connectivity index (χ0n) is 27.0. The number of benzene rings is 1. The van der Waals surface area contributed by atoms with Gasteiger partial charge in [-0.05, 0) is 95.9 Å². The summed E-state index contributed by atoms with van der Waals surface area (Å²) in [6.07, 6.45) is 9.20. The Morgan fingerprint density at radius 2 is 1.80 bits per heavy atom. The van der Waals surface area contributed by atoms with Crippen molar-refractivity contribution in [3.8, 4) is 11.5 Å². The van der Waals surface area contributed by atoms with Crippen molar-refractivity contribution in [1.29, 1.82) is 0 Å². The van der Waals surface area contributed by atoms with Gasteiger partial charge in [0.05, 0.1) is 17.5 Å². The van der Waals surface area contributed by atoms with Gasteiger partial charge in [-0.15, -0.1) is 0 Å².